The van der Waals surface area contributed by atoms with E-state index in [1.54, 1.807) is 20.8 Å². The highest BCUT2D eigenvalue weighted by molar-refractivity contribution is 5.76. The van der Waals surface area contributed by atoms with Gasteiger partial charge in [-0.25, -0.2) is 0 Å². The van der Waals surface area contributed by atoms with Crippen molar-refractivity contribution in [3.05, 3.63) is 0 Å². The third-order valence-electron chi connectivity index (χ3n) is 3.56. The summed E-state index contributed by atoms with van der Waals surface area (Å²) in [6.07, 6.45) is -12.0. The summed E-state index contributed by atoms with van der Waals surface area (Å²) in [5, 5.41) is 9.43. The number of hydrogen-bond donors (Lipinski definition) is 1. The second-order valence-electron chi connectivity index (χ2n) is 8.23. The Kier molecular flexibility index (Phi) is 5.82. The molecule has 0 aromatic heterocycles. The minimum absolute atomic E-state index is 0.158. The Morgan fingerprint density at radius 2 is 1.17 bits per heavy atom. The molecule has 0 saturated heterocycles. The Morgan fingerprint density at radius 1 is 0.833 bits per heavy atom. The molecule has 0 radical (unpaired) electrons. The third-order valence-corrected chi connectivity index (χ3v) is 3.56. The number of carbonyl (C=O) groups is 1. The summed E-state index contributed by atoms with van der Waals surface area (Å²) in [5.41, 5.74) is -10.2. The van der Waals surface area contributed by atoms with Crippen LogP contribution in [0.2, 0.25) is 0 Å². The third kappa shape index (κ3) is 4.55. The SMILES string of the molecule is CC(C)(C)CC(C)(C)C(=O)OC(C)(C)C(O)(C(F)(F)F)C(F)(F)F. The number of esters is 1. The van der Waals surface area contributed by atoms with Crippen molar-refractivity contribution in [3.8, 4) is 0 Å². The number of aliphatic hydroxyl groups is 1. The molecular weight excluding hydrogens is 342 g/mol. The minimum atomic E-state index is -6.08. The first-order chi connectivity index (χ1) is 10.1. The summed E-state index contributed by atoms with van der Waals surface area (Å²) in [6, 6.07) is 0. The first-order valence-corrected chi connectivity index (χ1v) is 7.18. The van der Waals surface area contributed by atoms with Gasteiger partial charge in [-0.2, -0.15) is 26.3 Å². The molecule has 24 heavy (non-hydrogen) atoms. The lowest BCUT2D eigenvalue weighted by molar-refractivity contribution is -0.408. The van der Waals surface area contributed by atoms with Crippen molar-refractivity contribution in [1.29, 1.82) is 0 Å². The summed E-state index contributed by atoms with van der Waals surface area (Å²) < 4.78 is 82.3. The molecule has 0 rings (SSSR count). The van der Waals surface area contributed by atoms with Gasteiger partial charge in [0.1, 0.15) is 0 Å². The van der Waals surface area contributed by atoms with Gasteiger partial charge in [0, 0.05) is 0 Å². The van der Waals surface area contributed by atoms with Gasteiger partial charge < -0.3 is 9.84 Å². The van der Waals surface area contributed by atoms with Crippen LogP contribution >= 0.6 is 0 Å². The van der Waals surface area contributed by atoms with Crippen LogP contribution in [0.1, 0.15) is 54.9 Å². The van der Waals surface area contributed by atoms with E-state index in [9.17, 15) is 36.2 Å². The first-order valence-electron chi connectivity index (χ1n) is 7.18. The second-order valence-corrected chi connectivity index (χ2v) is 8.23. The zero-order valence-electron chi connectivity index (χ0n) is 14.7. The number of ether oxygens (including phenoxy) is 1. The van der Waals surface area contributed by atoms with E-state index in [1.807, 2.05) is 0 Å². The second kappa shape index (κ2) is 6.07. The van der Waals surface area contributed by atoms with Crippen LogP contribution in [0, 0.1) is 10.8 Å². The van der Waals surface area contributed by atoms with Crippen LogP contribution in [0.5, 0.6) is 0 Å². The average Bonchev–Trinajstić information content (AvgIpc) is 2.20. The predicted octanol–water partition coefficient (Wildman–Crippen LogP) is 4.63. The summed E-state index contributed by atoms with van der Waals surface area (Å²) >= 11 is 0. The van der Waals surface area contributed by atoms with Gasteiger partial charge in [0.25, 0.3) is 5.60 Å². The van der Waals surface area contributed by atoms with E-state index >= 15 is 0 Å². The maximum Gasteiger partial charge on any atom is 0.430 e. The van der Waals surface area contributed by atoms with E-state index in [-0.39, 0.29) is 6.42 Å². The molecule has 0 aliphatic heterocycles. The van der Waals surface area contributed by atoms with Gasteiger partial charge in [-0.05, 0) is 39.5 Å². The Hall–Kier alpha value is -0.990. The van der Waals surface area contributed by atoms with Crippen LogP contribution in [-0.2, 0) is 9.53 Å². The van der Waals surface area contributed by atoms with Crippen molar-refractivity contribution in [2.75, 3.05) is 0 Å². The normalized spacial score (nSPS) is 15.4. The predicted molar refractivity (Wildman–Crippen MR) is 75.1 cm³/mol. The fourth-order valence-electron chi connectivity index (χ4n) is 2.69. The first kappa shape index (κ1) is 23.0. The molecule has 0 fully saturated rings. The fourth-order valence-corrected chi connectivity index (χ4v) is 2.69. The molecule has 0 spiro atoms. The maximum absolute atomic E-state index is 13.0. The summed E-state index contributed by atoms with van der Waals surface area (Å²) in [6.45, 7) is 8.77. The molecule has 3 nitrogen and oxygen atoms in total. The molecular formula is C15H24F6O3. The van der Waals surface area contributed by atoms with Crippen LogP contribution in [-0.4, -0.2) is 34.6 Å². The highest BCUT2D eigenvalue weighted by atomic mass is 19.4. The highest BCUT2D eigenvalue weighted by Gasteiger charge is 2.78. The van der Waals surface area contributed by atoms with Crippen LogP contribution in [0.25, 0.3) is 0 Å². The number of alkyl halides is 6. The van der Waals surface area contributed by atoms with Crippen LogP contribution in [0.3, 0.4) is 0 Å². The minimum Gasteiger partial charge on any atom is -0.455 e. The smallest absolute Gasteiger partial charge is 0.430 e. The monoisotopic (exact) mass is 366 g/mol. The Labute approximate surface area is 137 Å². The van der Waals surface area contributed by atoms with Crippen molar-refractivity contribution < 1.29 is 41.0 Å². The van der Waals surface area contributed by atoms with E-state index in [1.165, 1.54) is 13.8 Å². The van der Waals surface area contributed by atoms with Crippen LogP contribution in [0.4, 0.5) is 26.3 Å². The van der Waals surface area contributed by atoms with Crippen LogP contribution in [0.15, 0.2) is 0 Å². The molecule has 9 heteroatoms. The van der Waals surface area contributed by atoms with Gasteiger partial charge in [-0.15, -0.1) is 0 Å². The topological polar surface area (TPSA) is 46.5 Å². The fraction of sp³-hybridized carbons (Fsp3) is 0.933. The van der Waals surface area contributed by atoms with Gasteiger partial charge in [-0.1, -0.05) is 20.8 Å². The lowest BCUT2D eigenvalue weighted by Gasteiger charge is -2.44. The van der Waals surface area contributed by atoms with Crippen molar-refractivity contribution in [2.24, 2.45) is 10.8 Å². The molecule has 0 aliphatic rings. The molecule has 0 aliphatic carbocycles. The van der Waals surface area contributed by atoms with Gasteiger partial charge in [0.15, 0.2) is 5.60 Å². The van der Waals surface area contributed by atoms with Gasteiger partial charge >= 0.3 is 18.3 Å². The molecule has 0 heterocycles. The quantitative estimate of drug-likeness (QED) is 0.583. The van der Waals surface area contributed by atoms with Gasteiger partial charge in [0.05, 0.1) is 5.41 Å². The number of hydrogen-bond acceptors (Lipinski definition) is 3. The van der Waals surface area contributed by atoms with E-state index in [0.717, 1.165) is 0 Å². The number of rotatable bonds is 4. The Balaban J connectivity index is 5.79. The molecule has 0 aromatic rings. The van der Waals surface area contributed by atoms with E-state index in [0.29, 0.717) is 13.8 Å². The molecule has 0 unspecified atom stereocenters. The van der Waals surface area contributed by atoms with Gasteiger partial charge in [-0.3, -0.25) is 4.79 Å². The van der Waals surface area contributed by atoms with Crippen LogP contribution < -0.4 is 0 Å². The Morgan fingerprint density at radius 3 is 1.42 bits per heavy atom. The molecule has 0 saturated carbocycles. The average molecular weight is 366 g/mol. The maximum atomic E-state index is 13.0. The Bertz CT molecular complexity index is 455. The van der Waals surface area contributed by atoms with Crippen molar-refractivity contribution >= 4 is 5.97 Å². The number of halogens is 6. The van der Waals surface area contributed by atoms with E-state index in [4.69, 9.17) is 0 Å². The van der Waals surface area contributed by atoms with Crippen molar-refractivity contribution in [1.82, 2.24) is 0 Å². The summed E-state index contributed by atoms with van der Waals surface area (Å²) in [4.78, 5) is 12.2. The molecule has 0 bridgehead atoms. The zero-order valence-corrected chi connectivity index (χ0v) is 14.7. The molecule has 144 valence electrons. The number of carbonyl (C=O) groups excluding carboxylic acids is 1. The molecule has 0 amide bonds. The largest absolute Gasteiger partial charge is 0.455 e. The zero-order chi connectivity index (χ0) is 20.0. The van der Waals surface area contributed by atoms with Gasteiger partial charge in [0.2, 0.25) is 0 Å². The molecule has 0 atom stereocenters. The summed E-state index contributed by atoms with van der Waals surface area (Å²) in [5.74, 6) is -1.26. The summed E-state index contributed by atoms with van der Waals surface area (Å²) in [7, 11) is 0. The highest BCUT2D eigenvalue weighted by Crippen LogP contribution is 2.51. The van der Waals surface area contributed by atoms with Crippen molar-refractivity contribution in [3.63, 3.8) is 0 Å². The molecule has 1 N–H and O–H groups in total. The lowest BCUT2D eigenvalue weighted by atomic mass is 9.76. The van der Waals surface area contributed by atoms with Crippen molar-refractivity contribution in [2.45, 2.75) is 78.4 Å². The molecule has 0 aromatic carbocycles. The van der Waals surface area contributed by atoms with E-state index in [2.05, 4.69) is 4.74 Å². The van der Waals surface area contributed by atoms with E-state index < -0.39 is 40.4 Å². The lowest BCUT2D eigenvalue weighted by Crippen LogP contribution is -2.70. The standard InChI is InChI=1S/C15H24F6O3/c1-10(2,3)8-11(4,5)9(22)24-12(6,7)13(23,14(16,17)18)15(19,20)21/h23H,8H2,1-7H3.